The molecule has 30 heavy (non-hydrogen) atoms. The molecule has 0 unspecified atom stereocenters. The third kappa shape index (κ3) is 5.26. The molecule has 1 heterocycles. The van der Waals surface area contributed by atoms with Gasteiger partial charge in [-0.15, -0.1) is 0 Å². The number of benzene rings is 2. The standard InChI is InChI=1S/C23H25N3O4/c1-2-3-14-30-23(29)18-9-5-7-11-20(18)26-22(28)21(27)24-13-12-16-15-25-19-10-6-4-8-17(16)19/h4-11,15,25H,2-3,12-14H2,1H3,(H,24,27)(H,26,28). The van der Waals surface area contributed by atoms with Crippen molar-refractivity contribution in [2.24, 2.45) is 0 Å². The predicted octanol–water partition coefficient (Wildman–Crippen LogP) is 3.42. The number of ether oxygens (including phenoxy) is 1. The minimum Gasteiger partial charge on any atom is -0.462 e. The molecule has 3 N–H and O–H groups in total. The van der Waals surface area contributed by atoms with Crippen LogP contribution in [0.4, 0.5) is 5.69 Å². The van der Waals surface area contributed by atoms with Crippen LogP contribution in [0.2, 0.25) is 0 Å². The number of hydrogen-bond acceptors (Lipinski definition) is 4. The van der Waals surface area contributed by atoms with Gasteiger partial charge in [0.1, 0.15) is 0 Å². The number of aromatic amines is 1. The first-order valence-corrected chi connectivity index (χ1v) is 10.0. The van der Waals surface area contributed by atoms with E-state index in [-0.39, 0.29) is 11.3 Å². The largest absolute Gasteiger partial charge is 0.462 e. The average Bonchev–Trinajstić information content (AvgIpc) is 3.17. The van der Waals surface area contributed by atoms with Crippen LogP contribution in [-0.2, 0) is 20.7 Å². The smallest absolute Gasteiger partial charge is 0.340 e. The van der Waals surface area contributed by atoms with Gasteiger partial charge in [-0.1, -0.05) is 43.7 Å². The number of esters is 1. The second-order valence-corrected chi connectivity index (χ2v) is 6.85. The summed E-state index contributed by atoms with van der Waals surface area (Å²) in [5.41, 5.74) is 2.55. The Morgan fingerprint density at radius 1 is 1.00 bits per heavy atom. The van der Waals surface area contributed by atoms with Gasteiger partial charge in [-0.25, -0.2) is 4.79 Å². The number of carbonyl (C=O) groups excluding carboxylic acids is 3. The fourth-order valence-electron chi connectivity index (χ4n) is 3.07. The summed E-state index contributed by atoms with van der Waals surface area (Å²) < 4.78 is 5.20. The van der Waals surface area contributed by atoms with Crippen LogP contribution in [0.25, 0.3) is 10.9 Å². The van der Waals surface area contributed by atoms with Gasteiger partial charge in [-0.2, -0.15) is 0 Å². The van der Waals surface area contributed by atoms with Crippen molar-refractivity contribution in [3.8, 4) is 0 Å². The van der Waals surface area contributed by atoms with Crippen molar-refractivity contribution >= 4 is 34.4 Å². The molecule has 0 aliphatic carbocycles. The number of fused-ring (bicyclic) bond motifs is 1. The van der Waals surface area contributed by atoms with E-state index in [0.717, 1.165) is 29.3 Å². The van der Waals surface area contributed by atoms with E-state index < -0.39 is 17.8 Å². The molecule has 7 nitrogen and oxygen atoms in total. The zero-order chi connectivity index (χ0) is 21.3. The molecule has 3 rings (SSSR count). The van der Waals surface area contributed by atoms with E-state index in [1.54, 1.807) is 24.3 Å². The molecule has 0 aliphatic heterocycles. The number of anilines is 1. The number of carbonyl (C=O) groups is 3. The Bertz CT molecular complexity index is 1040. The topological polar surface area (TPSA) is 100 Å². The molecule has 0 radical (unpaired) electrons. The fraction of sp³-hybridized carbons (Fsp3) is 0.261. The normalized spacial score (nSPS) is 10.6. The van der Waals surface area contributed by atoms with Crippen LogP contribution in [0.1, 0.15) is 35.7 Å². The SMILES string of the molecule is CCCCOC(=O)c1ccccc1NC(=O)C(=O)NCCc1c[nH]c2ccccc12. The monoisotopic (exact) mass is 407 g/mol. The van der Waals surface area contributed by atoms with Crippen molar-refractivity contribution in [3.05, 3.63) is 65.9 Å². The van der Waals surface area contributed by atoms with E-state index in [2.05, 4.69) is 15.6 Å². The first kappa shape index (κ1) is 21.1. The number of rotatable bonds is 8. The second-order valence-electron chi connectivity index (χ2n) is 6.85. The van der Waals surface area contributed by atoms with Crippen LogP contribution in [0.15, 0.2) is 54.7 Å². The lowest BCUT2D eigenvalue weighted by Crippen LogP contribution is -2.36. The van der Waals surface area contributed by atoms with Gasteiger partial charge in [0.2, 0.25) is 0 Å². The third-order valence-electron chi connectivity index (χ3n) is 4.69. The van der Waals surface area contributed by atoms with E-state index in [1.165, 1.54) is 0 Å². The van der Waals surface area contributed by atoms with Gasteiger partial charge in [0, 0.05) is 23.6 Å². The molecular weight excluding hydrogens is 382 g/mol. The van der Waals surface area contributed by atoms with Gasteiger partial charge in [0.25, 0.3) is 0 Å². The van der Waals surface area contributed by atoms with Crippen molar-refractivity contribution < 1.29 is 19.1 Å². The van der Waals surface area contributed by atoms with Crippen molar-refractivity contribution in [1.29, 1.82) is 0 Å². The lowest BCUT2D eigenvalue weighted by Gasteiger charge is -2.11. The molecule has 0 fully saturated rings. The van der Waals surface area contributed by atoms with Crippen molar-refractivity contribution in [1.82, 2.24) is 10.3 Å². The summed E-state index contributed by atoms with van der Waals surface area (Å²) >= 11 is 0. The number of para-hydroxylation sites is 2. The summed E-state index contributed by atoms with van der Waals surface area (Å²) in [4.78, 5) is 39.9. The molecule has 0 saturated heterocycles. The minimum absolute atomic E-state index is 0.216. The predicted molar refractivity (Wildman–Crippen MR) is 115 cm³/mol. The summed E-state index contributed by atoms with van der Waals surface area (Å²) in [6, 6.07) is 14.4. The molecule has 7 heteroatoms. The molecule has 0 atom stereocenters. The number of hydrogen-bond donors (Lipinski definition) is 3. The number of H-pyrrole nitrogens is 1. The highest BCUT2D eigenvalue weighted by atomic mass is 16.5. The summed E-state index contributed by atoms with van der Waals surface area (Å²) in [5.74, 6) is -2.12. The zero-order valence-corrected chi connectivity index (χ0v) is 16.9. The van der Waals surface area contributed by atoms with E-state index in [0.29, 0.717) is 19.6 Å². The van der Waals surface area contributed by atoms with Gasteiger partial charge >= 0.3 is 17.8 Å². The van der Waals surface area contributed by atoms with Gasteiger partial charge in [-0.05, 0) is 36.6 Å². The van der Waals surface area contributed by atoms with Crippen LogP contribution in [0.5, 0.6) is 0 Å². The Labute approximate surface area is 174 Å². The van der Waals surface area contributed by atoms with E-state index in [9.17, 15) is 14.4 Å². The maximum absolute atomic E-state index is 12.3. The Balaban J connectivity index is 1.54. The average molecular weight is 407 g/mol. The Morgan fingerprint density at radius 2 is 1.77 bits per heavy atom. The molecular formula is C23H25N3O4. The molecule has 0 bridgehead atoms. The summed E-state index contributed by atoms with van der Waals surface area (Å²) in [7, 11) is 0. The van der Waals surface area contributed by atoms with Crippen LogP contribution >= 0.6 is 0 Å². The lowest BCUT2D eigenvalue weighted by molar-refractivity contribution is -0.136. The molecule has 2 aromatic carbocycles. The minimum atomic E-state index is -0.831. The quantitative estimate of drug-likeness (QED) is 0.303. The Morgan fingerprint density at radius 3 is 2.60 bits per heavy atom. The molecule has 3 aromatic rings. The van der Waals surface area contributed by atoms with E-state index >= 15 is 0 Å². The zero-order valence-electron chi connectivity index (χ0n) is 16.9. The number of unbranched alkanes of at least 4 members (excludes halogenated alkanes) is 1. The molecule has 1 aromatic heterocycles. The van der Waals surface area contributed by atoms with Crippen molar-refractivity contribution in [3.63, 3.8) is 0 Å². The molecule has 0 saturated carbocycles. The highest BCUT2D eigenvalue weighted by Crippen LogP contribution is 2.18. The van der Waals surface area contributed by atoms with Crippen LogP contribution in [-0.4, -0.2) is 35.9 Å². The van der Waals surface area contributed by atoms with Crippen molar-refractivity contribution in [2.45, 2.75) is 26.2 Å². The summed E-state index contributed by atoms with van der Waals surface area (Å²) in [5, 5.41) is 6.20. The highest BCUT2D eigenvalue weighted by Gasteiger charge is 2.18. The fourth-order valence-corrected chi connectivity index (χ4v) is 3.07. The molecule has 0 spiro atoms. The first-order valence-electron chi connectivity index (χ1n) is 10.0. The third-order valence-corrected chi connectivity index (χ3v) is 4.69. The number of aromatic nitrogens is 1. The first-order chi connectivity index (χ1) is 14.6. The van der Waals surface area contributed by atoms with Gasteiger partial charge in [0.05, 0.1) is 17.9 Å². The van der Waals surface area contributed by atoms with Crippen LogP contribution in [0, 0.1) is 0 Å². The molecule has 156 valence electrons. The van der Waals surface area contributed by atoms with E-state index in [4.69, 9.17) is 4.74 Å². The maximum Gasteiger partial charge on any atom is 0.340 e. The second kappa shape index (κ2) is 10.2. The Hall–Kier alpha value is -3.61. The summed E-state index contributed by atoms with van der Waals surface area (Å²) in [6.07, 6.45) is 4.16. The Kier molecular flexibility index (Phi) is 7.21. The maximum atomic E-state index is 12.3. The number of amides is 2. The highest BCUT2D eigenvalue weighted by molar-refractivity contribution is 6.40. The lowest BCUT2D eigenvalue weighted by atomic mass is 10.1. The van der Waals surface area contributed by atoms with Gasteiger partial charge < -0.3 is 20.4 Å². The van der Waals surface area contributed by atoms with Crippen LogP contribution in [0.3, 0.4) is 0 Å². The summed E-state index contributed by atoms with van der Waals surface area (Å²) in [6.45, 7) is 2.62. The van der Waals surface area contributed by atoms with E-state index in [1.807, 2.05) is 37.4 Å². The molecule has 0 aliphatic rings. The van der Waals surface area contributed by atoms with Crippen LogP contribution < -0.4 is 10.6 Å². The van der Waals surface area contributed by atoms with Gasteiger partial charge in [-0.3, -0.25) is 9.59 Å². The molecule has 2 amide bonds. The van der Waals surface area contributed by atoms with Crippen molar-refractivity contribution in [2.75, 3.05) is 18.5 Å². The van der Waals surface area contributed by atoms with Gasteiger partial charge in [0.15, 0.2) is 0 Å². The number of nitrogens with one attached hydrogen (secondary N) is 3.